The number of rotatable bonds is 14. The van der Waals surface area contributed by atoms with E-state index in [-0.39, 0.29) is 5.78 Å². The SMILES string of the molecule is CCCCCCCCCCCCc1ccc(C(=O)c2ccc(OC)cc2)c(S)c1. The summed E-state index contributed by atoms with van der Waals surface area (Å²) < 4.78 is 5.16. The molecule has 0 spiro atoms. The molecule has 0 aromatic heterocycles. The summed E-state index contributed by atoms with van der Waals surface area (Å²) in [6, 6.07) is 13.3. The standard InChI is InChI=1S/C26H36O2S/c1-3-4-5-6-7-8-9-10-11-12-13-21-14-19-24(25(29)20-21)26(27)22-15-17-23(28-2)18-16-22/h14-20,29H,3-13H2,1-2H3. The Hall–Kier alpha value is -1.74. The maximum Gasteiger partial charge on any atom is 0.194 e. The predicted molar refractivity (Wildman–Crippen MR) is 126 cm³/mol. The molecular formula is C26H36O2S. The van der Waals surface area contributed by atoms with Crippen LogP contribution in [-0.2, 0) is 6.42 Å². The highest BCUT2D eigenvalue weighted by Crippen LogP contribution is 2.22. The predicted octanol–water partition coefficient (Wildman–Crippen LogP) is 7.68. The van der Waals surface area contributed by atoms with E-state index in [1.807, 2.05) is 24.3 Å². The minimum absolute atomic E-state index is 0.00291. The van der Waals surface area contributed by atoms with E-state index in [2.05, 4.69) is 25.6 Å². The minimum atomic E-state index is 0.00291. The number of aryl methyl sites for hydroxylation is 1. The Kier molecular flexibility index (Phi) is 10.9. The molecule has 3 heteroatoms. The van der Waals surface area contributed by atoms with E-state index in [9.17, 15) is 4.79 Å². The number of ketones is 1. The van der Waals surface area contributed by atoms with Crippen molar-refractivity contribution in [2.24, 2.45) is 0 Å². The van der Waals surface area contributed by atoms with Crippen molar-refractivity contribution in [3.8, 4) is 5.75 Å². The first-order valence-corrected chi connectivity index (χ1v) is 11.6. The molecule has 29 heavy (non-hydrogen) atoms. The number of thiol groups is 1. The zero-order chi connectivity index (χ0) is 20.9. The van der Waals surface area contributed by atoms with Crippen LogP contribution in [0, 0.1) is 0 Å². The van der Waals surface area contributed by atoms with Gasteiger partial charge in [-0.15, -0.1) is 12.6 Å². The van der Waals surface area contributed by atoms with E-state index in [1.54, 1.807) is 19.2 Å². The van der Waals surface area contributed by atoms with Crippen LogP contribution in [0.1, 0.15) is 92.6 Å². The molecule has 0 saturated carbocycles. The van der Waals surface area contributed by atoms with Crippen molar-refractivity contribution in [2.45, 2.75) is 82.4 Å². The Balaban J connectivity index is 1.72. The van der Waals surface area contributed by atoms with Gasteiger partial charge in [0, 0.05) is 16.0 Å². The number of carbonyl (C=O) groups is 1. The molecule has 2 rings (SSSR count). The summed E-state index contributed by atoms with van der Waals surface area (Å²) in [7, 11) is 1.62. The van der Waals surface area contributed by atoms with Crippen LogP contribution in [-0.4, -0.2) is 12.9 Å². The summed E-state index contributed by atoms with van der Waals surface area (Å²) in [5.74, 6) is 0.752. The van der Waals surface area contributed by atoms with Gasteiger partial charge in [0.15, 0.2) is 5.78 Å². The van der Waals surface area contributed by atoms with Crippen molar-refractivity contribution < 1.29 is 9.53 Å². The Morgan fingerprint density at radius 1 is 0.828 bits per heavy atom. The van der Waals surface area contributed by atoms with E-state index in [0.29, 0.717) is 11.1 Å². The molecule has 158 valence electrons. The fourth-order valence-corrected chi connectivity index (χ4v) is 3.98. The van der Waals surface area contributed by atoms with Crippen LogP contribution in [0.2, 0.25) is 0 Å². The van der Waals surface area contributed by atoms with Crippen LogP contribution < -0.4 is 4.74 Å². The molecule has 2 nitrogen and oxygen atoms in total. The molecule has 0 aliphatic rings. The molecule has 0 bridgehead atoms. The number of unbranched alkanes of at least 4 members (excludes halogenated alkanes) is 9. The van der Waals surface area contributed by atoms with Crippen molar-refractivity contribution in [3.63, 3.8) is 0 Å². The highest BCUT2D eigenvalue weighted by atomic mass is 32.1. The Bertz CT molecular complexity index is 737. The van der Waals surface area contributed by atoms with Crippen LogP contribution in [0.3, 0.4) is 0 Å². The van der Waals surface area contributed by atoms with Gasteiger partial charge in [-0.2, -0.15) is 0 Å². The number of hydrogen-bond donors (Lipinski definition) is 1. The topological polar surface area (TPSA) is 26.3 Å². The number of benzene rings is 2. The Morgan fingerprint density at radius 2 is 1.41 bits per heavy atom. The van der Waals surface area contributed by atoms with E-state index < -0.39 is 0 Å². The van der Waals surface area contributed by atoms with Gasteiger partial charge in [-0.25, -0.2) is 0 Å². The molecule has 0 N–H and O–H groups in total. The highest BCUT2D eigenvalue weighted by molar-refractivity contribution is 7.80. The van der Waals surface area contributed by atoms with Gasteiger partial charge in [-0.3, -0.25) is 4.79 Å². The largest absolute Gasteiger partial charge is 0.497 e. The van der Waals surface area contributed by atoms with E-state index in [0.717, 1.165) is 17.1 Å². The zero-order valence-corrected chi connectivity index (χ0v) is 19.0. The van der Waals surface area contributed by atoms with Crippen LogP contribution in [0.4, 0.5) is 0 Å². The third-order valence-corrected chi connectivity index (χ3v) is 5.85. The third-order valence-electron chi connectivity index (χ3n) is 5.48. The van der Waals surface area contributed by atoms with Crippen LogP contribution >= 0.6 is 12.6 Å². The van der Waals surface area contributed by atoms with Crippen molar-refractivity contribution in [3.05, 3.63) is 59.2 Å². The average Bonchev–Trinajstić information content (AvgIpc) is 2.75. The van der Waals surface area contributed by atoms with Crippen molar-refractivity contribution in [1.82, 2.24) is 0 Å². The first kappa shape index (κ1) is 23.5. The number of ether oxygens (including phenoxy) is 1. The first-order valence-electron chi connectivity index (χ1n) is 11.2. The smallest absolute Gasteiger partial charge is 0.194 e. The maximum absolute atomic E-state index is 12.7. The monoisotopic (exact) mass is 412 g/mol. The molecule has 0 unspecified atom stereocenters. The molecule has 0 aliphatic heterocycles. The second kappa shape index (κ2) is 13.5. The molecule has 2 aromatic rings. The molecule has 0 aliphatic carbocycles. The lowest BCUT2D eigenvalue weighted by Crippen LogP contribution is -2.03. The minimum Gasteiger partial charge on any atom is -0.497 e. The second-order valence-corrected chi connectivity index (χ2v) is 8.32. The van der Waals surface area contributed by atoms with Crippen LogP contribution in [0.5, 0.6) is 5.75 Å². The Labute approximate surface area is 182 Å². The molecule has 0 radical (unpaired) electrons. The average molecular weight is 413 g/mol. The molecule has 0 heterocycles. The maximum atomic E-state index is 12.7. The summed E-state index contributed by atoms with van der Waals surface area (Å²) in [5, 5.41) is 0. The molecule has 0 saturated heterocycles. The third kappa shape index (κ3) is 8.26. The summed E-state index contributed by atoms with van der Waals surface area (Å²) >= 11 is 4.58. The Morgan fingerprint density at radius 3 is 1.97 bits per heavy atom. The summed E-state index contributed by atoms with van der Waals surface area (Å²) in [4.78, 5) is 13.5. The normalized spacial score (nSPS) is 10.9. The van der Waals surface area contributed by atoms with Gasteiger partial charge >= 0.3 is 0 Å². The van der Waals surface area contributed by atoms with Gasteiger partial charge < -0.3 is 4.74 Å². The van der Waals surface area contributed by atoms with Gasteiger partial charge in [-0.05, 0) is 54.8 Å². The number of carbonyl (C=O) groups excluding carboxylic acids is 1. The molecule has 2 aromatic carbocycles. The fraction of sp³-hybridized carbons (Fsp3) is 0.500. The first-order chi connectivity index (χ1) is 14.2. The summed E-state index contributed by atoms with van der Waals surface area (Å²) in [5.41, 5.74) is 2.58. The lowest BCUT2D eigenvalue weighted by molar-refractivity contribution is 0.103. The van der Waals surface area contributed by atoms with Gasteiger partial charge in [0.25, 0.3) is 0 Å². The summed E-state index contributed by atoms with van der Waals surface area (Å²) in [6.45, 7) is 2.27. The van der Waals surface area contributed by atoms with Gasteiger partial charge in [-0.1, -0.05) is 70.8 Å². The summed E-state index contributed by atoms with van der Waals surface area (Å²) in [6.07, 6.45) is 14.5. The fourth-order valence-electron chi connectivity index (χ4n) is 3.64. The lowest BCUT2D eigenvalue weighted by atomic mass is 9.99. The van der Waals surface area contributed by atoms with Gasteiger partial charge in [0.2, 0.25) is 0 Å². The van der Waals surface area contributed by atoms with Gasteiger partial charge in [0.05, 0.1) is 7.11 Å². The molecule has 0 amide bonds. The molecule has 0 fully saturated rings. The zero-order valence-electron chi connectivity index (χ0n) is 18.1. The van der Waals surface area contributed by atoms with Crippen molar-refractivity contribution in [2.75, 3.05) is 7.11 Å². The lowest BCUT2D eigenvalue weighted by Gasteiger charge is -2.08. The van der Waals surface area contributed by atoms with E-state index in [4.69, 9.17) is 4.74 Å². The second-order valence-electron chi connectivity index (χ2n) is 7.84. The van der Waals surface area contributed by atoms with Crippen LogP contribution in [0.15, 0.2) is 47.4 Å². The highest BCUT2D eigenvalue weighted by Gasteiger charge is 2.13. The van der Waals surface area contributed by atoms with Gasteiger partial charge in [0.1, 0.15) is 5.75 Å². The number of hydrogen-bond acceptors (Lipinski definition) is 3. The molecule has 0 atom stereocenters. The van der Waals surface area contributed by atoms with Crippen molar-refractivity contribution in [1.29, 1.82) is 0 Å². The van der Waals surface area contributed by atoms with Crippen LogP contribution in [0.25, 0.3) is 0 Å². The van der Waals surface area contributed by atoms with E-state index in [1.165, 1.54) is 69.8 Å². The quantitative estimate of drug-likeness (QED) is 0.196. The number of methoxy groups -OCH3 is 1. The molecular weight excluding hydrogens is 376 g/mol. The van der Waals surface area contributed by atoms with E-state index >= 15 is 0 Å². The van der Waals surface area contributed by atoms with Crippen molar-refractivity contribution >= 4 is 18.4 Å².